The molecule has 0 aromatic rings. The molecule has 2 unspecified atom stereocenters. The summed E-state index contributed by atoms with van der Waals surface area (Å²) >= 11 is 0. The highest BCUT2D eigenvalue weighted by Crippen LogP contribution is 2.27. The molecule has 1 nitrogen and oxygen atoms in total. The van der Waals surface area contributed by atoms with Crippen molar-refractivity contribution in [3.8, 4) is 0 Å². The first-order valence-electron chi connectivity index (χ1n) is 4.57. The van der Waals surface area contributed by atoms with Crippen molar-refractivity contribution in [2.75, 3.05) is 0 Å². The molecule has 0 saturated heterocycles. The number of aliphatic hydroxyl groups is 1. The lowest BCUT2D eigenvalue weighted by molar-refractivity contribution is 0.171. The quantitative estimate of drug-likeness (QED) is 0.606. The van der Waals surface area contributed by atoms with Crippen LogP contribution in [0.25, 0.3) is 0 Å². The van der Waals surface area contributed by atoms with Gasteiger partial charge in [0.15, 0.2) is 0 Å². The van der Waals surface area contributed by atoms with Crippen molar-refractivity contribution in [3.05, 3.63) is 11.6 Å². The van der Waals surface area contributed by atoms with E-state index >= 15 is 0 Å². The molecule has 2 atom stereocenters. The largest absolute Gasteiger partial charge is 0.389 e. The molecule has 0 heterocycles. The minimum atomic E-state index is -0.166. The summed E-state index contributed by atoms with van der Waals surface area (Å²) in [6.45, 7) is 4.32. The Bertz CT molecular complexity index is 149. The maximum absolute atomic E-state index is 9.40. The van der Waals surface area contributed by atoms with Crippen LogP contribution in [0, 0.1) is 5.92 Å². The average molecular weight is 154 g/mol. The maximum atomic E-state index is 9.40. The van der Waals surface area contributed by atoms with Gasteiger partial charge in [-0.05, 0) is 25.7 Å². The Morgan fingerprint density at radius 2 is 2.36 bits per heavy atom. The molecular formula is C10H18O. The zero-order valence-corrected chi connectivity index (χ0v) is 7.51. The molecule has 1 N–H and O–H groups in total. The molecule has 0 spiro atoms. The second-order valence-corrected chi connectivity index (χ2v) is 3.67. The number of aliphatic hydroxyl groups excluding tert-OH is 1. The van der Waals surface area contributed by atoms with Gasteiger partial charge in [0, 0.05) is 0 Å². The molecule has 1 aliphatic rings. The molecule has 1 heteroatoms. The fraction of sp³-hybridized carbons (Fsp3) is 0.800. The van der Waals surface area contributed by atoms with Gasteiger partial charge in [0.2, 0.25) is 0 Å². The van der Waals surface area contributed by atoms with Crippen molar-refractivity contribution in [2.45, 2.75) is 45.6 Å². The summed E-state index contributed by atoms with van der Waals surface area (Å²) < 4.78 is 0. The van der Waals surface area contributed by atoms with Crippen molar-refractivity contribution in [2.24, 2.45) is 5.92 Å². The Balaban J connectivity index is 2.43. The highest BCUT2D eigenvalue weighted by Gasteiger charge is 2.17. The van der Waals surface area contributed by atoms with Crippen LogP contribution in [-0.4, -0.2) is 11.2 Å². The van der Waals surface area contributed by atoms with Gasteiger partial charge >= 0.3 is 0 Å². The van der Waals surface area contributed by atoms with Crippen molar-refractivity contribution in [3.63, 3.8) is 0 Å². The summed E-state index contributed by atoms with van der Waals surface area (Å²) in [5, 5.41) is 9.40. The Labute approximate surface area is 69.1 Å². The van der Waals surface area contributed by atoms with E-state index in [0.29, 0.717) is 0 Å². The Morgan fingerprint density at radius 1 is 1.64 bits per heavy atom. The lowest BCUT2D eigenvalue weighted by Gasteiger charge is -2.23. The summed E-state index contributed by atoms with van der Waals surface area (Å²) in [4.78, 5) is 0. The molecule has 0 bridgehead atoms. The Kier molecular flexibility index (Phi) is 3.13. The lowest BCUT2D eigenvalue weighted by atomic mass is 9.85. The van der Waals surface area contributed by atoms with Crippen LogP contribution in [0.15, 0.2) is 11.6 Å². The highest BCUT2D eigenvalue weighted by molar-refractivity contribution is 5.07. The first kappa shape index (κ1) is 8.79. The third-order valence-corrected chi connectivity index (χ3v) is 2.36. The van der Waals surface area contributed by atoms with E-state index in [2.05, 4.69) is 13.8 Å². The van der Waals surface area contributed by atoms with Crippen LogP contribution < -0.4 is 0 Å². The standard InChI is InChI=1S/C10H18O/c1-3-4-9-5-8(2)6-10(11)7-9/h6,9-11H,3-5,7H2,1-2H3. The molecule has 0 fully saturated rings. The van der Waals surface area contributed by atoms with Crippen molar-refractivity contribution < 1.29 is 5.11 Å². The Hall–Kier alpha value is -0.300. The average Bonchev–Trinajstić information content (AvgIpc) is 1.85. The predicted molar refractivity (Wildman–Crippen MR) is 47.4 cm³/mol. The van der Waals surface area contributed by atoms with Gasteiger partial charge in [0.25, 0.3) is 0 Å². The van der Waals surface area contributed by atoms with Crippen LogP contribution in [-0.2, 0) is 0 Å². The van der Waals surface area contributed by atoms with Gasteiger partial charge in [-0.2, -0.15) is 0 Å². The van der Waals surface area contributed by atoms with E-state index in [9.17, 15) is 5.11 Å². The molecule has 0 aliphatic heterocycles. The molecule has 0 aromatic carbocycles. The smallest absolute Gasteiger partial charge is 0.0726 e. The zero-order valence-electron chi connectivity index (χ0n) is 7.51. The van der Waals surface area contributed by atoms with Gasteiger partial charge in [-0.1, -0.05) is 31.4 Å². The number of allylic oxidation sites excluding steroid dienone is 1. The molecule has 1 rings (SSSR count). The minimum absolute atomic E-state index is 0.166. The van der Waals surface area contributed by atoms with Crippen LogP contribution in [0.1, 0.15) is 39.5 Å². The third kappa shape index (κ3) is 2.66. The molecule has 0 aromatic heterocycles. The second-order valence-electron chi connectivity index (χ2n) is 3.67. The molecular weight excluding hydrogens is 136 g/mol. The van der Waals surface area contributed by atoms with Crippen LogP contribution in [0.2, 0.25) is 0 Å². The lowest BCUT2D eigenvalue weighted by Crippen LogP contribution is -2.17. The number of hydrogen-bond donors (Lipinski definition) is 1. The first-order valence-corrected chi connectivity index (χ1v) is 4.57. The minimum Gasteiger partial charge on any atom is -0.389 e. The molecule has 1 aliphatic carbocycles. The SMILES string of the molecule is CCCC1CC(C)=CC(O)C1. The first-order chi connectivity index (χ1) is 5.22. The van der Waals surface area contributed by atoms with Gasteiger partial charge in [-0.15, -0.1) is 0 Å². The van der Waals surface area contributed by atoms with Crippen molar-refractivity contribution in [1.29, 1.82) is 0 Å². The number of rotatable bonds is 2. The monoisotopic (exact) mass is 154 g/mol. The van der Waals surface area contributed by atoms with Gasteiger partial charge in [0.05, 0.1) is 6.10 Å². The fourth-order valence-electron chi connectivity index (χ4n) is 1.97. The van der Waals surface area contributed by atoms with Gasteiger partial charge in [-0.25, -0.2) is 0 Å². The fourth-order valence-corrected chi connectivity index (χ4v) is 1.97. The zero-order chi connectivity index (χ0) is 8.27. The van der Waals surface area contributed by atoms with Gasteiger partial charge in [0.1, 0.15) is 0 Å². The topological polar surface area (TPSA) is 20.2 Å². The normalized spacial score (nSPS) is 31.7. The molecule has 64 valence electrons. The molecule has 11 heavy (non-hydrogen) atoms. The van der Waals surface area contributed by atoms with Crippen LogP contribution in [0.4, 0.5) is 0 Å². The third-order valence-electron chi connectivity index (χ3n) is 2.36. The van der Waals surface area contributed by atoms with Gasteiger partial charge in [-0.3, -0.25) is 0 Å². The molecule has 0 amide bonds. The summed E-state index contributed by atoms with van der Waals surface area (Å²) in [6.07, 6.45) is 6.51. The van der Waals surface area contributed by atoms with E-state index in [4.69, 9.17) is 0 Å². The molecule has 0 radical (unpaired) electrons. The van der Waals surface area contributed by atoms with E-state index in [1.807, 2.05) is 6.08 Å². The van der Waals surface area contributed by atoms with Crippen LogP contribution in [0.3, 0.4) is 0 Å². The van der Waals surface area contributed by atoms with E-state index < -0.39 is 0 Å². The molecule has 0 saturated carbocycles. The predicted octanol–water partition coefficient (Wildman–Crippen LogP) is 2.50. The second kappa shape index (κ2) is 3.91. The van der Waals surface area contributed by atoms with E-state index in [1.165, 1.54) is 24.8 Å². The van der Waals surface area contributed by atoms with Gasteiger partial charge < -0.3 is 5.11 Å². The van der Waals surface area contributed by atoms with Crippen molar-refractivity contribution in [1.82, 2.24) is 0 Å². The van der Waals surface area contributed by atoms with E-state index in [0.717, 1.165) is 12.3 Å². The summed E-state index contributed by atoms with van der Waals surface area (Å²) in [5.74, 6) is 0.736. The summed E-state index contributed by atoms with van der Waals surface area (Å²) in [5.41, 5.74) is 1.36. The van der Waals surface area contributed by atoms with E-state index in [1.54, 1.807) is 0 Å². The summed E-state index contributed by atoms with van der Waals surface area (Å²) in [7, 11) is 0. The number of hydrogen-bond acceptors (Lipinski definition) is 1. The highest BCUT2D eigenvalue weighted by atomic mass is 16.3. The van der Waals surface area contributed by atoms with Crippen molar-refractivity contribution >= 4 is 0 Å². The summed E-state index contributed by atoms with van der Waals surface area (Å²) in [6, 6.07) is 0. The van der Waals surface area contributed by atoms with E-state index in [-0.39, 0.29) is 6.10 Å². The van der Waals surface area contributed by atoms with Crippen LogP contribution in [0.5, 0.6) is 0 Å². The maximum Gasteiger partial charge on any atom is 0.0726 e. The Morgan fingerprint density at radius 3 is 2.91 bits per heavy atom. The van der Waals surface area contributed by atoms with Crippen LogP contribution >= 0.6 is 0 Å².